The number of carbonyl (C=O) groups excluding carboxylic acids is 1. The number of para-hydroxylation sites is 1. The minimum absolute atomic E-state index is 0.156. The van der Waals surface area contributed by atoms with Crippen molar-refractivity contribution in [3.8, 4) is 11.6 Å². The summed E-state index contributed by atoms with van der Waals surface area (Å²) in [6.07, 6.45) is 4.60. The van der Waals surface area contributed by atoms with Gasteiger partial charge >= 0.3 is 0 Å². The fourth-order valence-corrected chi connectivity index (χ4v) is 3.68. The van der Waals surface area contributed by atoms with E-state index in [-0.39, 0.29) is 11.8 Å². The summed E-state index contributed by atoms with van der Waals surface area (Å²) in [5.41, 5.74) is 1.82. The maximum atomic E-state index is 13.0. The molecule has 6 heteroatoms. The fraction of sp³-hybridized carbons (Fsp3) is 0.476. The Morgan fingerprint density at radius 2 is 1.85 bits per heavy atom. The zero-order chi connectivity index (χ0) is 18.8. The van der Waals surface area contributed by atoms with E-state index in [0.717, 1.165) is 42.5 Å². The highest BCUT2D eigenvalue weighted by molar-refractivity contribution is 5.88. The van der Waals surface area contributed by atoms with Crippen molar-refractivity contribution in [3.05, 3.63) is 36.2 Å². The fourth-order valence-electron chi connectivity index (χ4n) is 3.68. The summed E-state index contributed by atoms with van der Waals surface area (Å²) >= 11 is 0. The van der Waals surface area contributed by atoms with Crippen molar-refractivity contribution in [2.24, 2.45) is 0 Å². The molecule has 1 fully saturated rings. The Bertz CT molecular complexity index is 933. The maximum Gasteiger partial charge on any atom is 0.264 e. The van der Waals surface area contributed by atoms with Gasteiger partial charge < -0.3 is 13.9 Å². The Labute approximate surface area is 159 Å². The number of hydrogen-bond donors (Lipinski definition) is 0. The van der Waals surface area contributed by atoms with Gasteiger partial charge in [0.2, 0.25) is 11.8 Å². The van der Waals surface area contributed by atoms with E-state index in [1.807, 2.05) is 53.6 Å². The molecule has 0 spiro atoms. The van der Waals surface area contributed by atoms with Gasteiger partial charge in [0.15, 0.2) is 0 Å². The molecular weight excluding hydrogens is 340 g/mol. The predicted molar refractivity (Wildman–Crippen MR) is 104 cm³/mol. The van der Waals surface area contributed by atoms with E-state index in [1.54, 1.807) is 0 Å². The van der Waals surface area contributed by atoms with Gasteiger partial charge in [0, 0.05) is 29.9 Å². The van der Waals surface area contributed by atoms with Crippen LogP contribution in [0.1, 0.15) is 51.3 Å². The van der Waals surface area contributed by atoms with E-state index < -0.39 is 0 Å². The highest BCUT2D eigenvalue weighted by atomic mass is 16.4. The van der Waals surface area contributed by atoms with Gasteiger partial charge in [-0.1, -0.05) is 44.9 Å². The van der Waals surface area contributed by atoms with Crippen molar-refractivity contribution in [1.29, 1.82) is 0 Å². The van der Waals surface area contributed by atoms with E-state index in [4.69, 9.17) is 4.42 Å². The molecule has 3 aromatic rings. The van der Waals surface area contributed by atoms with Gasteiger partial charge in [-0.05, 0) is 25.0 Å². The average molecular weight is 366 g/mol. The van der Waals surface area contributed by atoms with Crippen LogP contribution in [0.15, 0.2) is 34.7 Å². The van der Waals surface area contributed by atoms with E-state index >= 15 is 0 Å². The summed E-state index contributed by atoms with van der Waals surface area (Å²) in [6.45, 7) is 6.05. The van der Waals surface area contributed by atoms with E-state index in [0.29, 0.717) is 18.3 Å². The number of benzene rings is 1. The number of rotatable bonds is 4. The summed E-state index contributed by atoms with van der Waals surface area (Å²) < 4.78 is 7.89. The minimum atomic E-state index is 0.156. The van der Waals surface area contributed by atoms with E-state index in [2.05, 4.69) is 10.2 Å². The molecule has 1 aromatic carbocycles. The van der Waals surface area contributed by atoms with Gasteiger partial charge in [-0.3, -0.25) is 4.79 Å². The van der Waals surface area contributed by atoms with Crippen LogP contribution in [0.4, 0.5) is 0 Å². The number of carbonyl (C=O) groups is 1. The third-order valence-corrected chi connectivity index (χ3v) is 5.22. The number of hydrogen-bond acceptors (Lipinski definition) is 4. The average Bonchev–Trinajstić information content (AvgIpc) is 3.18. The third kappa shape index (κ3) is 3.61. The Morgan fingerprint density at radius 1 is 1.11 bits per heavy atom. The lowest BCUT2D eigenvalue weighted by Gasteiger charge is -2.21. The second-order valence-corrected chi connectivity index (χ2v) is 7.57. The first-order valence-electron chi connectivity index (χ1n) is 9.83. The molecule has 0 saturated carbocycles. The molecule has 1 saturated heterocycles. The molecule has 2 aromatic heterocycles. The Morgan fingerprint density at radius 3 is 2.56 bits per heavy atom. The summed E-state index contributed by atoms with van der Waals surface area (Å²) in [5, 5.41) is 9.47. The minimum Gasteiger partial charge on any atom is -0.419 e. The third-order valence-electron chi connectivity index (χ3n) is 5.22. The van der Waals surface area contributed by atoms with Crippen LogP contribution in [0.25, 0.3) is 22.5 Å². The van der Waals surface area contributed by atoms with Crippen molar-refractivity contribution >= 4 is 16.8 Å². The van der Waals surface area contributed by atoms with Crippen LogP contribution in [-0.2, 0) is 11.3 Å². The zero-order valence-corrected chi connectivity index (χ0v) is 16.0. The predicted octanol–water partition coefficient (Wildman–Crippen LogP) is 4.22. The molecule has 4 rings (SSSR count). The first-order chi connectivity index (χ1) is 13.1. The smallest absolute Gasteiger partial charge is 0.264 e. The molecule has 1 aliphatic rings. The quantitative estimate of drug-likeness (QED) is 0.693. The normalized spacial score (nSPS) is 15.4. The van der Waals surface area contributed by atoms with Crippen LogP contribution in [0.5, 0.6) is 0 Å². The first-order valence-corrected chi connectivity index (χ1v) is 9.83. The van der Waals surface area contributed by atoms with Crippen LogP contribution in [-0.4, -0.2) is 38.7 Å². The Balaban J connectivity index is 1.70. The van der Waals surface area contributed by atoms with Crippen LogP contribution >= 0.6 is 0 Å². The number of fused-ring (bicyclic) bond motifs is 1. The van der Waals surface area contributed by atoms with Crippen molar-refractivity contribution < 1.29 is 9.21 Å². The van der Waals surface area contributed by atoms with Crippen molar-refractivity contribution in [1.82, 2.24) is 19.7 Å². The second kappa shape index (κ2) is 7.55. The summed E-state index contributed by atoms with van der Waals surface area (Å²) in [4.78, 5) is 15.0. The highest BCUT2D eigenvalue weighted by Gasteiger charge is 2.22. The molecular formula is C21H26N4O2. The number of amides is 1. The first kappa shape index (κ1) is 17.8. The molecule has 27 heavy (non-hydrogen) atoms. The molecule has 0 aliphatic carbocycles. The van der Waals surface area contributed by atoms with Crippen molar-refractivity contribution in [2.75, 3.05) is 13.1 Å². The molecule has 6 nitrogen and oxygen atoms in total. The molecule has 1 aliphatic heterocycles. The van der Waals surface area contributed by atoms with Crippen LogP contribution in [0, 0.1) is 0 Å². The van der Waals surface area contributed by atoms with Crippen molar-refractivity contribution in [2.45, 2.75) is 52.0 Å². The highest BCUT2D eigenvalue weighted by Crippen LogP contribution is 2.29. The van der Waals surface area contributed by atoms with Gasteiger partial charge in [0.05, 0.1) is 0 Å². The van der Waals surface area contributed by atoms with E-state index in [9.17, 15) is 4.79 Å². The van der Waals surface area contributed by atoms with Gasteiger partial charge in [0.1, 0.15) is 12.2 Å². The molecule has 3 heterocycles. The lowest BCUT2D eigenvalue weighted by molar-refractivity contribution is -0.131. The van der Waals surface area contributed by atoms with E-state index in [1.165, 1.54) is 12.8 Å². The topological polar surface area (TPSA) is 64.2 Å². The number of likely N-dealkylation sites (tertiary alicyclic amines) is 1. The monoisotopic (exact) mass is 366 g/mol. The molecule has 0 radical (unpaired) electrons. The molecule has 0 unspecified atom stereocenters. The number of nitrogens with zero attached hydrogens (tertiary/aromatic N) is 4. The maximum absolute atomic E-state index is 13.0. The zero-order valence-electron chi connectivity index (χ0n) is 16.0. The molecule has 0 bridgehead atoms. The standard InChI is InChI=1S/C21H26N4O2/c1-15(2)20-22-23-21(27-20)18-13-16-9-5-6-10-17(16)25(18)14-19(26)24-11-7-3-4-8-12-24/h5-6,9-10,13,15H,3-4,7-8,11-12,14H2,1-2H3. The van der Waals surface area contributed by atoms with Gasteiger partial charge in [0.25, 0.3) is 5.89 Å². The second-order valence-electron chi connectivity index (χ2n) is 7.57. The lowest BCUT2D eigenvalue weighted by atomic mass is 10.2. The molecule has 142 valence electrons. The SMILES string of the molecule is CC(C)c1nnc(-c2cc3ccccc3n2CC(=O)N2CCCCCC2)o1. The van der Waals surface area contributed by atoms with Crippen LogP contribution in [0.2, 0.25) is 0 Å². The summed E-state index contributed by atoms with van der Waals surface area (Å²) in [5.74, 6) is 1.41. The molecule has 0 N–H and O–H groups in total. The largest absolute Gasteiger partial charge is 0.419 e. The van der Waals surface area contributed by atoms with Crippen LogP contribution < -0.4 is 0 Å². The van der Waals surface area contributed by atoms with Crippen molar-refractivity contribution in [3.63, 3.8) is 0 Å². The van der Waals surface area contributed by atoms with Gasteiger partial charge in [-0.2, -0.15) is 0 Å². The Hall–Kier alpha value is -2.63. The molecule has 1 amide bonds. The lowest BCUT2D eigenvalue weighted by Crippen LogP contribution is -2.34. The van der Waals surface area contributed by atoms with Gasteiger partial charge in [-0.15, -0.1) is 10.2 Å². The molecule has 0 atom stereocenters. The van der Waals surface area contributed by atoms with Crippen LogP contribution in [0.3, 0.4) is 0 Å². The summed E-state index contributed by atoms with van der Waals surface area (Å²) in [7, 11) is 0. The number of aromatic nitrogens is 3. The Kier molecular flexibility index (Phi) is 4.97. The van der Waals surface area contributed by atoms with Gasteiger partial charge in [-0.25, -0.2) is 0 Å². The summed E-state index contributed by atoms with van der Waals surface area (Å²) in [6, 6.07) is 10.1.